The van der Waals surface area contributed by atoms with Crippen molar-refractivity contribution in [1.29, 1.82) is 0 Å². The number of nitrogens with zero attached hydrogens (tertiary/aromatic N) is 2. The zero-order chi connectivity index (χ0) is 15.7. The molecule has 8 heteroatoms. The molecule has 2 atom stereocenters. The van der Waals surface area contributed by atoms with E-state index in [4.69, 9.17) is 11.6 Å². The number of hydrogen-bond donors (Lipinski definition) is 1. The SMILES string of the molecule is O=C(NS(=O)(=O)c1ccc(Cl)cn1)C1CC1c1cccnc1. The average molecular weight is 338 g/mol. The van der Waals surface area contributed by atoms with E-state index < -0.39 is 15.9 Å². The lowest BCUT2D eigenvalue weighted by Gasteiger charge is -2.06. The normalized spacial score (nSPS) is 20.4. The summed E-state index contributed by atoms with van der Waals surface area (Å²) in [5.41, 5.74) is 0.935. The van der Waals surface area contributed by atoms with Crippen LogP contribution in [0.25, 0.3) is 0 Å². The summed E-state index contributed by atoms with van der Waals surface area (Å²) < 4.78 is 26.2. The zero-order valence-corrected chi connectivity index (χ0v) is 12.9. The molecular weight excluding hydrogens is 326 g/mol. The summed E-state index contributed by atoms with van der Waals surface area (Å²) in [6.45, 7) is 0. The fourth-order valence-electron chi connectivity index (χ4n) is 2.23. The van der Waals surface area contributed by atoms with Crippen LogP contribution >= 0.6 is 11.6 Å². The summed E-state index contributed by atoms with van der Waals surface area (Å²) >= 11 is 5.66. The first-order valence-corrected chi connectivity index (χ1v) is 8.41. The molecule has 1 aliphatic carbocycles. The van der Waals surface area contributed by atoms with Crippen molar-refractivity contribution in [3.63, 3.8) is 0 Å². The van der Waals surface area contributed by atoms with Gasteiger partial charge in [0.1, 0.15) is 0 Å². The van der Waals surface area contributed by atoms with Crippen molar-refractivity contribution in [3.8, 4) is 0 Å². The lowest BCUT2D eigenvalue weighted by atomic mass is 10.1. The molecule has 2 unspecified atom stereocenters. The second kappa shape index (κ2) is 5.66. The first kappa shape index (κ1) is 14.9. The molecule has 1 aliphatic rings. The number of halogens is 1. The van der Waals surface area contributed by atoms with Crippen LogP contribution in [0.1, 0.15) is 17.9 Å². The number of sulfonamides is 1. The zero-order valence-electron chi connectivity index (χ0n) is 11.3. The van der Waals surface area contributed by atoms with Crippen LogP contribution in [0.5, 0.6) is 0 Å². The summed E-state index contributed by atoms with van der Waals surface area (Å²) in [5, 5.41) is 0.0907. The molecule has 1 N–H and O–H groups in total. The van der Waals surface area contributed by atoms with Gasteiger partial charge in [0.15, 0.2) is 5.03 Å². The first-order chi connectivity index (χ1) is 10.5. The van der Waals surface area contributed by atoms with Crippen LogP contribution < -0.4 is 4.72 Å². The number of amides is 1. The molecule has 6 nitrogen and oxygen atoms in total. The van der Waals surface area contributed by atoms with E-state index >= 15 is 0 Å². The van der Waals surface area contributed by atoms with Crippen LogP contribution in [-0.2, 0) is 14.8 Å². The van der Waals surface area contributed by atoms with Crippen LogP contribution in [0.3, 0.4) is 0 Å². The Morgan fingerprint density at radius 2 is 2.09 bits per heavy atom. The van der Waals surface area contributed by atoms with Crippen molar-refractivity contribution in [2.75, 3.05) is 0 Å². The van der Waals surface area contributed by atoms with Crippen LogP contribution in [0, 0.1) is 5.92 Å². The molecule has 22 heavy (non-hydrogen) atoms. The van der Waals surface area contributed by atoms with Crippen LogP contribution in [0.2, 0.25) is 5.02 Å². The second-order valence-electron chi connectivity index (χ2n) is 5.02. The Hall–Kier alpha value is -1.99. The largest absolute Gasteiger partial charge is 0.281 e. The summed E-state index contributed by atoms with van der Waals surface area (Å²) in [7, 11) is -3.97. The molecule has 0 saturated heterocycles. The highest BCUT2D eigenvalue weighted by atomic mass is 35.5. The maximum atomic E-state index is 12.1. The number of carbonyl (C=O) groups is 1. The lowest BCUT2D eigenvalue weighted by molar-refractivity contribution is -0.120. The lowest BCUT2D eigenvalue weighted by Crippen LogP contribution is -2.32. The Labute approximate surface area is 132 Å². The van der Waals surface area contributed by atoms with E-state index in [2.05, 4.69) is 14.7 Å². The van der Waals surface area contributed by atoms with E-state index in [0.29, 0.717) is 11.4 Å². The minimum Gasteiger partial charge on any atom is -0.274 e. The highest BCUT2D eigenvalue weighted by Crippen LogP contribution is 2.47. The van der Waals surface area contributed by atoms with Crippen molar-refractivity contribution in [3.05, 3.63) is 53.4 Å². The highest BCUT2D eigenvalue weighted by Gasteiger charge is 2.45. The Balaban J connectivity index is 1.69. The monoisotopic (exact) mass is 337 g/mol. The van der Waals surface area contributed by atoms with Gasteiger partial charge in [-0.15, -0.1) is 0 Å². The fourth-order valence-corrected chi connectivity index (χ4v) is 3.30. The Morgan fingerprint density at radius 3 is 2.73 bits per heavy atom. The molecule has 0 spiro atoms. The molecule has 0 aliphatic heterocycles. The molecule has 0 aromatic carbocycles. The van der Waals surface area contributed by atoms with Crippen molar-refractivity contribution >= 4 is 27.5 Å². The predicted molar refractivity (Wildman–Crippen MR) is 79.7 cm³/mol. The number of hydrogen-bond acceptors (Lipinski definition) is 5. The van der Waals surface area contributed by atoms with Crippen molar-refractivity contribution in [1.82, 2.24) is 14.7 Å². The minimum absolute atomic E-state index is 0.0158. The molecule has 2 aromatic rings. The van der Waals surface area contributed by atoms with Gasteiger partial charge in [-0.1, -0.05) is 17.7 Å². The third-order valence-electron chi connectivity index (χ3n) is 3.45. The first-order valence-electron chi connectivity index (χ1n) is 6.55. The predicted octanol–water partition coefficient (Wildman–Crippen LogP) is 1.74. The van der Waals surface area contributed by atoms with Gasteiger partial charge in [0.25, 0.3) is 10.0 Å². The van der Waals surface area contributed by atoms with Gasteiger partial charge in [0.05, 0.1) is 5.02 Å². The molecule has 0 radical (unpaired) electrons. The van der Waals surface area contributed by atoms with E-state index in [0.717, 1.165) is 5.56 Å². The Bertz CT molecular complexity index is 794. The number of rotatable bonds is 4. The van der Waals surface area contributed by atoms with Gasteiger partial charge in [0, 0.05) is 24.5 Å². The van der Waals surface area contributed by atoms with Gasteiger partial charge < -0.3 is 0 Å². The highest BCUT2D eigenvalue weighted by molar-refractivity contribution is 7.90. The average Bonchev–Trinajstić information content (AvgIpc) is 3.29. The van der Waals surface area contributed by atoms with Crippen molar-refractivity contribution < 1.29 is 13.2 Å². The van der Waals surface area contributed by atoms with Crippen LogP contribution in [0.4, 0.5) is 0 Å². The second-order valence-corrected chi connectivity index (χ2v) is 7.09. The molecule has 0 bridgehead atoms. The molecule has 2 aromatic heterocycles. The number of pyridine rings is 2. The minimum atomic E-state index is -3.97. The van der Waals surface area contributed by atoms with E-state index in [1.54, 1.807) is 18.5 Å². The third kappa shape index (κ3) is 3.10. The Kier molecular flexibility index (Phi) is 3.84. The summed E-state index contributed by atoms with van der Waals surface area (Å²) in [4.78, 5) is 19.8. The number of nitrogens with one attached hydrogen (secondary N) is 1. The van der Waals surface area contributed by atoms with Gasteiger partial charge in [-0.2, -0.15) is 8.42 Å². The van der Waals surface area contributed by atoms with E-state index in [1.165, 1.54) is 18.3 Å². The van der Waals surface area contributed by atoms with E-state index in [1.807, 2.05) is 6.07 Å². The molecule has 2 heterocycles. The maximum Gasteiger partial charge on any atom is 0.281 e. The number of aromatic nitrogens is 2. The Morgan fingerprint density at radius 1 is 1.27 bits per heavy atom. The van der Waals surface area contributed by atoms with Crippen LogP contribution in [0.15, 0.2) is 47.9 Å². The summed E-state index contributed by atoms with van der Waals surface area (Å²) in [5.74, 6) is -0.862. The van der Waals surface area contributed by atoms with Crippen LogP contribution in [-0.4, -0.2) is 24.3 Å². The van der Waals surface area contributed by atoms with Gasteiger partial charge in [0.2, 0.25) is 5.91 Å². The summed E-state index contributed by atoms with van der Waals surface area (Å²) in [6.07, 6.45) is 5.17. The topological polar surface area (TPSA) is 89.0 Å². The third-order valence-corrected chi connectivity index (χ3v) is 4.94. The quantitative estimate of drug-likeness (QED) is 0.917. The summed E-state index contributed by atoms with van der Waals surface area (Å²) in [6, 6.07) is 6.32. The molecule has 3 rings (SSSR count). The van der Waals surface area contributed by atoms with Gasteiger partial charge in [-0.25, -0.2) is 9.71 Å². The maximum absolute atomic E-state index is 12.1. The van der Waals surface area contributed by atoms with Gasteiger partial charge in [-0.05, 0) is 36.1 Å². The molecule has 1 fully saturated rings. The van der Waals surface area contributed by atoms with Crippen molar-refractivity contribution in [2.45, 2.75) is 17.4 Å². The standard InChI is InChI=1S/C14H12ClN3O3S/c15-10-3-4-13(17-8-10)22(20,21)18-14(19)12-6-11(12)9-2-1-5-16-7-9/h1-5,7-8,11-12H,6H2,(H,18,19). The molecule has 1 amide bonds. The van der Waals surface area contributed by atoms with E-state index in [9.17, 15) is 13.2 Å². The van der Waals surface area contributed by atoms with Gasteiger partial charge >= 0.3 is 0 Å². The molecule has 1 saturated carbocycles. The molecular formula is C14H12ClN3O3S. The fraction of sp³-hybridized carbons (Fsp3) is 0.214. The molecule has 114 valence electrons. The van der Waals surface area contributed by atoms with E-state index in [-0.39, 0.29) is 16.9 Å². The smallest absolute Gasteiger partial charge is 0.274 e. The van der Waals surface area contributed by atoms with Gasteiger partial charge in [-0.3, -0.25) is 9.78 Å². The number of carbonyl (C=O) groups excluding carboxylic acids is 1. The van der Waals surface area contributed by atoms with Crippen molar-refractivity contribution in [2.24, 2.45) is 5.92 Å².